The largest absolute Gasteiger partial charge is 0.490 e. The number of amidine groups is 2. The maximum absolute atomic E-state index is 13.0. The van der Waals surface area contributed by atoms with E-state index in [-0.39, 0.29) is 29.1 Å². The van der Waals surface area contributed by atoms with Gasteiger partial charge in [-0.25, -0.2) is 0 Å². The van der Waals surface area contributed by atoms with Crippen molar-refractivity contribution in [3.05, 3.63) is 58.7 Å². The van der Waals surface area contributed by atoms with Crippen LogP contribution in [0.2, 0.25) is 0 Å². The summed E-state index contributed by atoms with van der Waals surface area (Å²) in [6, 6.07) is 11.0. The lowest BCUT2D eigenvalue weighted by Gasteiger charge is -2.20. The Balaban J connectivity index is 1.48. The topological polar surface area (TPSA) is 96.6 Å². The third-order valence-electron chi connectivity index (χ3n) is 5.67. The first-order valence-electron chi connectivity index (χ1n) is 12.2. The van der Waals surface area contributed by atoms with Crippen molar-refractivity contribution in [3.63, 3.8) is 0 Å². The van der Waals surface area contributed by atoms with Crippen LogP contribution in [0.4, 0.5) is 13.2 Å². The van der Waals surface area contributed by atoms with Crippen LogP contribution in [-0.4, -0.2) is 53.0 Å². The number of thioether (sulfide) groups is 1. The van der Waals surface area contributed by atoms with E-state index >= 15 is 0 Å². The van der Waals surface area contributed by atoms with Gasteiger partial charge in [0.2, 0.25) is 10.2 Å². The second kappa shape index (κ2) is 11.5. The van der Waals surface area contributed by atoms with E-state index in [9.17, 15) is 18.0 Å². The molecule has 12 heteroatoms. The summed E-state index contributed by atoms with van der Waals surface area (Å²) in [5.41, 5.74) is 2.48. The summed E-state index contributed by atoms with van der Waals surface area (Å²) in [5, 5.41) is 10.9. The Morgan fingerprint density at radius 1 is 1.05 bits per heavy atom. The summed E-state index contributed by atoms with van der Waals surface area (Å²) < 4.78 is 56.7. The molecule has 1 N–H and O–H groups in total. The molecular formula is C27H27F3N4O4S. The van der Waals surface area contributed by atoms with Gasteiger partial charge >= 0.3 is 6.18 Å². The number of ether oxygens (including phenoxy) is 3. The van der Waals surface area contributed by atoms with Crippen LogP contribution < -0.4 is 14.2 Å². The molecule has 0 aromatic heterocycles. The molecule has 0 saturated heterocycles. The summed E-state index contributed by atoms with van der Waals surface area (Å²) in [6.07, 6.45) is -3.35. The Labute approximate surface area is 228 Å². The SMILES string of the molecule is CCOc1cc(/C=C2\C(=N)N3N=C(C(F)(F)F)SC3=NC2=O)ccc1OCCOc1cc(C)ccc1C(C)C. The van der Waals surface area contributed by atoms with Crippen molar-refractivity contribution in [3.8, 4) is 17.2 Å². The second-order valence-corrected chi connectivity index (χ2v) is 9.91. The zero-order chi connectivity index (χ0) is 28.3. The third-order valence-corrected chi connectivity index (χ3v) is 6.62. The van der Waals surface area contributed by atoms with Crippen molar-refractivity contribution in [2.45, 2.75) is 39.8 Å². The fourth-order valence-electron chi connectivity index (χ4n) is 3.82. The highest BCUT2D eigenvalue weighted by Gasteiger charge is 2.46. The van der Waals surface area contributed by atoms with E-state index < -0.39 is 23.0 Å². The number of rotatable bonds is 9. The average molecular weight is 561 g/mol. The van der Waals surface area contributed by atoms with Crippen LogP contribution >= 0.6 is 11.8 Å². The quantitative estimate of drug-likeness (QED) is 0.292. The fourth-order valence-corrected chi connectivity index (χ4v) is 4.58. The molecule has 2 aliphatic heterocycles. The molecule has 1 amide bonds. The van der Waals surface area contributed by atoms with Gasteiger partial charge in [-0.15, -0.1) is 0 Å². The van der Waals surface area contributed by atoms with Crippen molar-refractivity contribution in [2.75, 3.05) is 19.8 Å². The molecular weight excluding hydrogens is 533 g/mol. The van der Waals surface area contributed by atoms with Gasteiger partial charge in [-0.3, -0.25) is 10.2 Å². The van der Waals surface area contributed by atoms with E-state index in [1.165, 1.54) is 6.08 Å². The highest BCUT2D eigenvalue weighted by molar-refractivity contribution is 8.27. The van der Waals surface area contributed by atoms with Gasteiger partial charge < -0.3 is 14.2 Å². The van der Waals surface area contributed by atoms with Crippen LogP contribution in [0, 0.1) is 12.3 Å². The molecule has 4 rings (SSSR count). The van der Waals surface area contributed by atoms with Gasteiger partial charge in [0.1, 0.15) is 19.0 Å². The van der Waals surface area contributed by atoms with E-state index in [1.807, 2.05) is 13.0 Å². The van der Waals surface area contributed by atoms with Gasteiger partial charge in [0, 0.05) is 0 Å². The first-order chi connectivity index (χ1) is 18.5. The number of halogens is 3. The smallest absolute Gasteiger partial charge is 0.441 e. The molecule has 0 bridgehead atoms. The number of alkyl halides is 3. The summed E-state index contributed by atoms with van der Waals surface area (Å²) in [5.74, 6) is 0.656. The maximum atomic E-state index is 13.0. The van der Waals surface area contributed by atoms with Crippen molar-refractivity contribution in [2.24, 2.45) is 10.1 Å². The lowest BCUT2D eigenvalue weighted by atomic mass is 10.0. The van der Waals surface area contributed by atoms with E-state index in [2.05, 4.69) is 36.1 Å². The van der Waals surface area contributed by atoms with Gasteiger partial charge in [-0.05, 0) is 72.5 Å². The molecule has 0 radical (unpaired) electrons. The molecule has 0 spiro atoms. The predicted molar refractivity (Wildman–Crippen MR) is 145 cm³/mol. The highest BCUT2D eigenvalue weighted by atomic mass is 32.2. The summed E-state index contributed by atoms with van der Waals surface area (Å²) >= 11 is 0.204. The van der Waals surface area contributed by atoms with Crippen molar-refractivity contribution in [1.29, 1.82) is 5.41 Å². The minimum absolute atomic E-state index is 0.199. The van der Waals surface area contributed by atoms with Crippen molar-refractivity contribution in [1.82, 2.24) is 5.01 Å². The summed E-state index contributed by atoms with van der Waals surface area (Å²) in [4.78, 5) is 16.2. The number of benzene rings is 2. The van der Waals surface area contributed by atoms with Gasteiger partial charge in [0.05, 0.1) is 12.2 Å². The minimum Gasteiger partial charge on any atom is -0.490 e. The number of hydrogen-bond acceptors (Lipinski definition) is 7. The van der Waals surface area contributed by atoms with E-state index in [4.69, 9.17) is 19.6 Å². The summed E-state index contributed by atoms with van der Waals surface area (Å²) in [6.45, 7) is 8.91. The molecule has 0 saturated carbocycles. The molecule has 0 fully saturated rings. The van der Waals surface area contributed by atoms with E-state index in [0.29, 0.717) is 41.2 Å². The van der Waals surface area contributed by atoms with Gasteiger partial charge in [-0.1, -0.05) is 32.0 Å². The number of aliphatic imine (C=N–C) groups is 1. The number of aryl methyl sites for hydroxylation is 1. The Morgan fingerprint density at radius 3 is 2.44 bits per heavy atom. The molecule has 2 aromatic carbocycles. The molecule has 0 aliphatic carbocycles. The summed E-state index contributed by atoms with van der Waals surface area (Å²) in [7, 11) is 0. The molecule has 39 heavy (non-hydrogen) atoms. The van der Waals surface area contributed by atoms with Crippen LogP contribution in [0.5, 0.6) is 17.2 Å². The first kappa shape index (κ1) is 28.2. The van der Waals surface area contributed by atoms with Crippen LogP contribution in [-0.2, 0) is 4.79 Å². The number of hydrogen-bond donors (Lipinski definition) is 1. The number of nitrogens with one attached hydrogen (secondary N) is 1. The van der Waals surface area contributed by atoms with Crippen molar-refractivity contribution < 1.29 is 32.2 Å². The number of nitrogens with zero attached hydrogens (tertiary/aromatic N) is 3. The fraction of sp³-hybridized carbons (Fsp3) is 0.333. The van der Waals surface area contributed by atoms with Gasteiger partial charge in [-0.2, -0.15) is 28.3 Å². The number of carbonyl (C=O) groups is 1. The number of hydrazone groups is 1. The first-order valence-corrected chi connectivity index (χ1v) is 13.0. The molecule has 206 valence electrons. The molecule has 2 heterocycles. The Morgan fingerprint density at radius 2 is 1.77 bits per heavy atom. The molecule has 2 aliphatic rings. The predicted octanol–water partition coefficient (Wildman–Crippen LogP) is 6.16. The molecule has 0 atom stereocenters. The lowest BCUT2D eigenvalue weighted by molar-refractivity contribution is -0.114. The molecule has 2 aromatic rings. The van der Waals surface area contributed by atoms with Gasteiger partial charge in [0.25, 0.3) is 5.91 Å². The second-order valence-electron chi connectivity index (χ2n) is 8.96. The number of carbonyl (C=O) groups excluding carboxylic acids is 1. The third kappa shape index (κ3) is 6.44. The Bertz CT molecular complexity index is 1390. The van der Waals surface area contributed by atoms with E-state index in [0.717, 1.165) is 16.9 Å². The number of amides is 1. The maximum Gasteiger partial charge on any atom is 0.441 e. The van der Waals surface area contributed by atoms with Crippen LogP contribution in [0.3, 0.4) is 0 Å². The molecule has 0 unspecified atom stereocenters. The highest BCUT2D eigenvalue weighted by Crippen LogP contribution is 2.36. The van der Waals surface area contributed by atoms with Crippen molar-refractivity contribution >= 4 is 39.8 Å². The normalized spacial score (nSPS) is 16.4. The monoisotopic (exact) mass is 560 g/mol. The number of fused-ring (bicyclic) bond motifs is 1. The lowest BCUT2D eigenvalue weighted by Crippen LogP contribution is -2.35. The van der Waals surface area contributed by atoms with Gasteiger partial charge in [0.15, 0.2) is 17.3 Å². The zero-order valence-corrected chi connectivity index (χ0v) is 22.6. The van der Waals surface area contributed by atoms with Crippen LogP contribution in [0.25, 0.3) is 6.08 Å². The van der Waals surface area contributed by atoms with Crippen LogP contribution in [0.1, 0.15) is 43.4 Å². The minimum atomic E-state index is -4.71. The zero-order valence-electron chi connectivity index (χ0n) is 21.8. The molecule has 8 nitrogen and oxygen atoms in total. The standard InChI is InChI=1S/C27H27F3N4O4S/c1-5-36-22-14-17(13-19-23(31)34-26(32-24(19)35)39-25(33-34)27(28,29)30)7-9-20(22)37-10-11-38-21-12-16(4)6-8-18(21)15(2)3/h6-9,12-15,31H,5,10-11H2,1-4H3/b19-13+,31-23?. The van der Waals surface area contributed by atoms with E-state index in [1.54, 1.807) is 25.1 Å². The van der Waals surface area contributed by atoms with Crippen LogP contribution in [0.15, 0.2) is 52.1 Å². The Kier molecular flexibility index (Phi) is 8.34. The Hall–Kier alpha value is -3.80. The average Bonchev–Trinajstić information content (AvgIpc) is 3.30.